The van der Waals surface area contributed by atoms with Crippen LogP contribution in [0.25, 0.3) is 0 Å². The molecule has 0 bridgehead atoms. The number of aliphatic carboxylic acids is 1. The van der Waals surface area contributed by atoms with Crippen LogP contribution in [0.5, 0.6) is 0 Å². The molecule has 2 nitrogen and oxygen atoms in total. The predicted molar refractivity (Wildman–Crippen MR) is 49.5 cm³/mol. The fourth-order valence-electron chi connectivity index (χ4n) is 0.742. The van der Waals surface area contributed by atoms with Crippen LogP contribution < -0.4 is 0 Å². The number of unbranched alkanes of at least 4 members (excludes halogenated alkanes) is 1. The molecule has 0 aliphatic carbocycles. The minimum atomic E-state index is -0.782. The third-order valence-corrected chi connectivity index (χ3v) is 1.42. The zero-order valence-corrected chi connectivity index (χ0v) is 12.8. The van der Waals surface area contributed by atoms with Gasteiger partial charge in [-0.25, -0.2) is 4.79 Å². The van der Waals surface area contributed by atoms with Gasteiger partial charge in [0.1, 0.15) is 0 Å². The molecule has 0 aromatic rings. The number of rotatable bonds is 4. The van der Waals surface area contributed by atoms with Crippen molar-refractivity contribution in [1.82, 2.24) is 0 Å². The molecule has 0 fully saturated rings. The summed E-state index contributed by atoms with van der Waals surface area (Å²) in [6.07, 6.45) is 4.37. The number of carboxylic acid groups (broad SMARTS) is 1. The summed E-state index contributed by atoms with van der Waals surface area (Å²) in [5, 5.41) is 8.53. The van der Waals surface area contributed by atoms with Crippen molar-refractivity contribution in [3.05, 3.63) is 11.6 Å². The maximum absolute atomic E-state index is 10.4. The molecule has 64 valence electrons. The van der Waals surface area contributed by atoms with E-state index in [-0.39, 0.29) is 27.3 Å². The Hall–Kier alpha value is 0.132. The number of hydrogen-bond donors (Lipinski definition) is 1. The molecule has 1 N–H and O–H groups in total. The SMILES string of the molecule is CC=C(CCCC)C(=O)O.[PbH2]. The molecule has 11 heavy (non-hydrogen) atoms. The van der Waals surface area contributed by atoms with Crippen LogP contribution in [0.3, 0.4) is 0 Å². The Balaban J connectivity index is 0. The van der Waals surface area contributed by atoms with Gasteiger partial charge in [-0.15, -0.1) is 0 Å². The number of carbonyl (C=O) groups is 1. The maximum atomic E-state index is 10.4. The Bertz CT molecular complexity index is 141. The standard InChI is InChI=1S/C8H14O2.Pb.2H/c1-3-5-6-7(4-2)8(9)10;;;/h4H,3,5-6H2,1-2H3,(H,9,10);;;. The van der Waals surface area contributed by atoms with Crippen molar-refractivity contribution in [2.45, 2.75) is 33.1 Å². The third kappa shape index (κ3) is 6.53. The average molecular weight is 351 g/mol. The molecule has 0 unspecified atom stereocenters. The summed E-state index contributed by atoms with van der Waals surface area (Å²) < 4.78 is 0. The van der Waals surface area contributed by atoms with Gasteiger partial charge in [0.2, 0.25) is 0 Å². The third-order valence-electron chi connectivity index (χ3n) is 1.42. The molecule has 0 amide bonds. The molecule has 0 aliphatic heterocycles. The number of carboxylic acids is 1. The van der Waals surface area contributed by atoms with Crippen molar-refractivity contribution in [2.75, 3.05) is 0 Å². The Kier molecular flexibility index (Phi) is 10.3. The van der Waals surface area contributed by atoms with Gasteiger partial charge in [0.15, 0.2) is 0 Å². The van der Waals surface area contributed by atoms with E-state index in [0.717, 1.165) is 12.8 Å². The second kappa shape index (κ2) is 8.23. The van der Waals surface area contributed by atoms with Gasteiger partial charge in [-0.05, 0) is 19.8 Å². The first-order chi connectivity index (χ1) is 4.72. The van der Waals surface area contributed by atoms with Crippen LogP contribution in [-0.2, 0) is 4.79 Å². The summed E-state index contributed by atoms with van der Waals surface area (Å²) in [4.78, 5) is 10.4. The summed E-state index contributed by atoms with van der Waals surface area (Å²) in [7, 11) is 0. The molecule has 0 heterocycles. The normalized spacial score (nSPS) is 10.5. The van der Waals surface area contributed by atoms with E-state index in [1.54, 1.807) is 13.0 Å². The molecular weight excluding hydrogens is 335 g/mol. The van der Waals surface area contributed by atoms with Gasteiger partial charge < -0.3 is 5.11 Å². The zero-order valence-electron chi connectivity index (χ0n) is 7.26. The number of hydrogen-bond acceptors (Lipinski definition) is 1. The van der Waals surface area contributed by atoms with Gasteiger partial charge in [-0.3, -0.25) is 0 Å². The van der Waals surface area contributed by atoms with Crippen LogP contribution in [0, 0.1) is 0 Å². The van der Waals surface area contributed by atoms with Crippen LogP contribution in [0.1, 0.15) is 33.1 Å². The molecule has 0 saturated heterocycles. The van der Waals surface area contributed by atoms with Crippen molar-refractivity contribution in [2.24, 2.45) is 0 Å². The van der Waals surface area contributed by atoms with Crippen LogP contribution in [0.4, 0.5) is 0 Å². The topological polar surface area (TPSA) is 37.3 Å². The van der Waals surface area contributed by atoms with E-state index in [2.05, 4.69) is 6.92 Å². The molecule has 0 aromatic heterocycles. The summed E-state index contributed by atoms with van der Waals surface area (Å²) in [5.41, 5.74) is 0.529. The first kappa shape index (κ1) is 13.7. The van der Waals surface area contributed by atoms with Gasteiger partial charge in [-0.2, -0.15) is 0 Å². The van der Waals surface area contributed by atoms with Gasteiger partial charge in [0.05, 0.1) is 0 Å². The van der Waals surface area contributed by atoms with Crippen LogP contribution in [0.2, 0.25) is 0 Å². The van der Waals surface area contributed by atoms with Crippen molar-refractivity contribution in [1.29, 1.82) is 0 Å². The summed E-state index contributed by atoms with van der Waals surface area (Å²) in [5.74, 6) is -0.782. The first-order valence-electron chi connectivity index (χ1n) is 3.60. The van der Waals surface area contributed by atoms with Crippen molar-refractivity contribution < 1.29 is 9.90 Å². The van der Waals surface area contributed by atoms with Gasteiger partial charge in [0.25, 0.3) is 0 Å². The molecule has 3 heteroatoms. The minimum absolute atomic E-state index is 0. The Morgan fingerprint density at radius 1 is 1.55 bits per heavy atom. The fourth-order valence-corrected chi connectivity index (χ4v) is 0.742. The van der Waals surface area contributed by atoms with E-state index < -0.39 is 5.97 Å². The molecule has 0 aromatic carbocycles. The van der Waals surface area contributed by atoms with E-state index in [9.17, 15) is 4.79 Å². The van der Waals surface area contributed by atoms with Gasteiger partial charge >= 0.3 is 33.3 Å². The second-order valence-corrected chi connectivity index (χ2v) is 2.22. The van der Waals surface area contributed by atoms with Crippen LogP contribution >= 0.6 is 0 Å². The molecule has 0 atom stereocenters. The summed E-state index contributed by atoms with van der Waals surface area (Å²) in [6.45, 7) is 3.81. The van der Waals surface area contributed by atoms with E-state index in [1.807, 2.05) is 0 Å². The molecule has 0 rings (SSSR count). The van der Waals surface area contributed by atoms with Crippen molar-refractivity contribution in [3.63, 3.8) is 0 Å². The Morgan fingerprint density at radius 2 is 2.09 bits per heavy atom. The number of allylic oxidation sites excluding steroid dienone is 1. The summed E-state index contributed by atoms with van der Waals surface area (Å²) >= 11 is 0. The average Bonchev–Trinajstić information content (AvgIpc) is 1.89. The van der Waals surface area contributed by atoms with Crippen molar-refractivity contribution >= 4 is 33.3 Å². The van der Waals surface area contributed by atoms with Gasteiger partial charge in [-0.1, -0.05) is 19.4 Å². The molecule has 0 spiro atoms. The van der Waals surface area contributed by atoms with E-state index >= 15 is 0 Å². The monoisotopic (exact) mass is 352 g/mol. The van der Waals surface area contributed by atoms with E-state index in [1.165, 1.54) is 0 Å². The molecule has 0 saturated carbocycles. The molecular formula is C8H16O2Pb. The van der Waals surface area contributed by atoms with Gasteiger partial charge in [0, 0.05) is 5.57 Å². The van der Waals surface area contributed by atoms with E-state index in [4.69, 9.17) is 5.11 Å². The van der Waals surface area contributed by atoms with Crippen LogP contribution in [-0.4, -0.2) is 38.4 Å². The first-order valence-corrected chi connectivity index (χ1v) is 3.60. The predicted octanol–water partition coefficient (Wildman–Crippen LogP) is 1.29. The molecule has 0 aliphatic rings. The Morgan fingerprint density at radius 3 is 2.36 bits per heavy atom. The van der Waals surface area contributed by atoms with Crippen molar-refractivity contribution in [3.8, 4) is 0 Å². The Labute approximate surface area is 87.8 Å². The zero-order chi connectivity index (χ0) is 7.98. The van der Waals surface area contributed by atoms with Crippen LogP contribution in [0.15, 0.2) is 11.6 Å². The second-order valence-electron chi connectivity index (χ2n) is 2.22. The van der Waals surface area contributed by atoms with E-state index in [0.29, 0.717) is 12.0 Å². The quantitative estimate of drug-likeness (QED) is 0.612. The molecule has 2 radical (unpaired) electrons. The fraction of sp³-hybridized carbons (Fsp3) is 0.625. The summed E-state index contributed by atoms with van der Waals surface area (Å²) in [6, 6.07) is 0.